The zero-order chi connectivity index (χ0) is 15.2. The highest BCUT2D eigenvalue weighted by atomic mass is 35.5. The van der Waals surface area contributed by atoms with Crippen LogP contribution in [0.2, 0.25) is 0 Å². The van der Waals surface area contributed by atoms with Gasteiger partial charge in [0.25, 0.3) is 0 Å². The van der Waals surface area contributed by atoms with Crippen molar-refractivity contribution < 1.29 is 9.13 Å². The summed E-state index contributed by atoms with van der Waals surface area (Å²) in [5.74, 6) is 5.96. The summed E-state index contributed by atoms with van der Waals surface area (Å²) in [5, 5.41) is 0. The molecule has 0 fully saturated rings. The number of aryl methyl sites for hydroxylation is 2. The third-order valence-electron chi connectivity index (χ3n) is 3.12. The largest absolute Gasteiger partial charge is 0.487 e. The zero-order valence-corrected chi connectivity index (χ0v) is 12.8. The van der Waals surface area contributed by atoms with Gasteiger partial charge >= 0.3 is 0 Å². The minimum absolute atomic E-state index is 0.230. The normalized spacial score (nSPS) is 9.90. The second kappa shape index (κ2) is 7.15. The lowest BCUT2D eigenvalue weighted by Gasteiger charge is -2.11. The van der Waals surface area contributed by atoms with Crippen LogP contribution in [0.25, 0.3) is 0 Å². The second-order valence-corrected chi connectivity index (χ2v) is 5.06. The summed E-state index contributed by atoms with van der Waals surface area (Å²) < 4.78 is 19.1. The Bertz CT molecular complexity index is 698. The average molecular weight is 303 g/mol. The van der Waals surface area contributed by atoms with E-state index >= 15 is 0 Å². The molecule has 0 radical (unpaired) electrons. The maximum absolute atomic E-state index is 13.4. The van der Waals surface area contributed by atoms with Crippen molar-refractivity contribution in [1.82, 2.24) is 0 Å². The Morgan fingerprint density at radius 3 is 2.71 bits per heavy atom. The van der Waals surface area contributed by atoms with Gasteiger partial charge < -0.3 is 4.74 Å². The lowest BCUT2D eigenvalue weighted by molar-refractivity contribution is 0.303. The van der Waals surface area contributed by atoms with Crippen LogP contribution in [-0.2, 0) is 6.61 Å². The molecular weight excluding hydrogens is 287 g/mol. The summed E-state index contributed by atoms with van der Waals surface area (Å²) in [6.07, 6.45) is 0. The van der Waals surface area contributed by atoms with Crippen molar-refractivity contribution >= 4 is 11.6 Å². The van der Waals surface area contributed by atoms with Crippen molar-refractivity contribution in [2.75, 3.05) is 5.88 Å². The van der Waals surface area contributed by atoms with Crippen LogP contribution >= 0.6 is 11.6 Å². The number of hydrogen-bond acceptors (Lipinski definition) is 1. The van der Waals surface area contributed by atoms with Crippen LogP contribution in [0.1, 0.15) is 22.3 Å². The van der Waals surface area contributed by atoms with Crippen LogP contribution in [0, 0.1) is 31.5 Å². The Morgan fingerprint density at radius 2 is 1.95 bits per heavy atom. The van der Waals surface area contributed by atoms with Crippen molar-refractivity contribution in [3.8, 4) is 17.6 Å². The van der Waals surface area contributed by atoms with Gasteiger partial charge in [-0.15, -0.1) is 11.6 Å². The molecule has 0 atom stereocenters. The molecule has 0 saturated carbocycles. The molecule has 3 heteroatoms. The number of benzene rings is 2. The molecule has 0 aliphatic rings. The monoisotopic (exact) mass is 302 g/mol. The molecule has 2 aromatic carbocycles. The topological polar surface area (TPSA) is 9.23 Å². The van der Waals surface area contributed by atoms with Crippen molar-refractivity contribution in [1.29, 1.82) is 0 Å². The van der Waals surface area contributed by atoms with E-state index in [9.17, 15) is 4.39 Å². The molecule has 0 aliphatic carbocycles. The van der Waals surface area contributed by atoms with Gasteiger partial charge in [0, 0.05) is 6.07 Å². The Kier molecular flexibility index (Phi) is 5.25. The Morgan fingerprint density at radius 1 is 1.14 bits per heavy atom. The van der Waals surface area contributed by atoms with Gasteiger partial charge in [0.2, 0.25) is 0 Å². The van der Waals surface area contributed by atoms with E-state index in [0.717, 1.165) is 11.1 Å². The van der Waals surface area contributed by atoms with Gasteiger partial charge in [-0.25, -0.2) is 4.39 Å². The SMILES string of the molecule is Cc1ccc(C)c(COc2cc(F)ccc2C#CCCl)c1. The van der Waals surface area contributed by atoms with Gasteiger partial charge in [0.15, 0.2) is 0 Å². The van der Waals surface area contributed by atoms with E-state index in [-0.39, 0.29) is 11.7 Å². The van der Waals surface area contributed by atoms with Gasteiger partial charge in [-0.2, -0.15) is 0 Å². The average Bonchev–Trinajstić information content (AvgIpc) is 2.47. The molecule has 0 N–H and O–H groups in total. The lowest BCUT2D eigenvalue weighted by atomic mass is 10.1. The van der Waals surface area contributed by atoms with E-state index in [0.29, 0.717) is 17.9 Å². The summed E-state index contributed by atoms with van der Waals surface area (Å²) in [5.41, 5.74) is 4.03. The molecule has 21 heavy (non-hydrogen) atoms. The molecule has 0 heterocycles. The van der Waals surface area contributed by atoms with Gasteiger partial charge in [0.1, 0.15) is 18.2 Å². The molecule has 0 amide bonds. The molecule has 0 unspecified atom stereocenters. The van der Waals surface area contributed by atoms with Crippen molar-refractivity contribution in [2.24, 2.45) is 0 Å². The fourth-order valence-electron chi connectivity index (χ4n) is 1.96. The molecule has 0 bridgehead atoms. The standard InChI is InChI=1S/C18H16ClFO/c1-13-5-6-14(2)16(10-13)12-21-18-11-17(20)8-7-15(18)4-3-9-19/h5-8,10-11H,9,12H2,1-2H3. The van der Waals surface area contributed by atoms with E-state index in [1.807, 2.05) is 19.9 Å². The summed E-state index contributed by atoms with van der Waals surface area (Å²) >= 11 is 5.56. The Hall–Kier alpha value is -1.98. The quantitative estimate of drug-likeness (QED) is 0.594. The fourth-order valence-corrected chi connectivity index (χ4v) is 2.03. The number of halogens is 2. The van der Waals surface area contributed by atoms with Gasteiger partial charge in [-0.1, -0.05) is 35.6 Å². The molecule has 2 aromatic rings. The van der Waals surface area contributed by atoms with E-state index in [1.165, 1.54) is 17.7 Å². The Balaban J connectivity index is 2.23. The molecule has 0 spiro atoms. The Labute approximate surface area is 129 Å². The summed E-state index contributed by atoms with van der Waals surface area (Å²) in [7, 11) is 0. The molecule has 0 saturated heterocycles. The van der Waals surface area contributed by atoms with E-state index in [1.54, 1.807) is 6.07 Å². The number of rotatable bonds is 3. The minimum atomic E-state index is -0.345. The molecule has 108 valence electrons. The van der Waals surface area contributed by atoms with Gasteiger partial charge in [0.05, 0.1) is 11.4 Å². The first-order chi connectivity index (χ1) is 10.1. The summed E-state index contributed by atoms with van der Waals surface area (Å²) in [4.78, 5) is 0. The van der Waals surface area contributed by atoms with Crippen LogP contribution in [-0.4, -0.2) is 5.88 Å². The number of hydrogen-bond donors (Lipinski definition) is 0. The van der Waals surface area contributed by atoms with Crippen LogP contribution in [0.4, 0.5) is 4.39 Å². The zero-order valence-electron chi connectivity index (χ0n) is 12.0. The predicted molar refractivity (Wildman–Crippen MR) is 84.2 cm³/mol. The van der Waals surface area contributed by atoms with Crippen molar-refractivity contribution in [3.05, 3.63) is 64.5 Å². The van der Waals surface area contributed by atoms with Gasteiger partial charge in [-0.3, -0.25) is 0 Å². The third kappa shape index (κ3) is 4.24. The minimum Gasteiger partial charge on any atom is -0.487 e. The van der Waals surface area contributed by atoms with Crippen LogP contribution in [0.5, 0.6) is 5.75 Å². The summed E-state index contributed by atoms with van der Waals surface area (Å²) in [6.45, 7) is 4.44. The van der Waals surface area contributed by atoms with Gasteiger partial charge in [-0.05, 0) is 37.1 Å². The van der Waals surface area contributed by atoms with Crippen LogP contribution in [0.3, 0.4) is 0 Å². The lowest BCUT2D eigenvalue weighted by Crippen LogP contribution is -2.00. The fraction of sp³-hybridized carbons (Fsp3) is 0.222. The second-order valence-electron chi connectivity index (χ2n) is 4.79. The highest BCUT2D eigenvalue weighted by Gasteiger charge is 2.06. The highest BCUT2D eigenvalue weighted by Crippen LogP contribution is 2.21. The molecule has 1 nitrogen and oxygen atoms in total. The van der Waals surface area contributed by atoms with Crippen LogP contribution < -0.4 is 4.74 Å². The maximum atomic E-state index is 13.4. The summed E-state index contributed by atoms with van der Waals surface area (Å²) in [6, 6.07) is 10.5. The smallest absolute Gasteiger partial charge is 0.138 e. The van der Waals surface area contributed by atoms with E-state index in [2.05, 4.69) is 24.0 Å². The van der Waals surface area contributed by atoms with Crippen molar-refractivity contribution in [2.45, 2.75) is 20.5 Å². The molecular formula is C18H16ClFO. The maximum Gasteiger partial charge on any atom is 0.138 e. The van der Waals surface area contributed by atoms with Crippen LogP contribution in [0.15, 0.2) is 36.4 Å². The predicted octanol–water partition coefficient (Wildman–Crippen LogP) is 4.61. The van der Waals surface area contributed by atoms with E-state index < -0.39 is 0 Å². The molecule has 0 aliphatic heterocycles. The first-order valence-corrected chi connectivity index (χ1v) is 7.17. The first-order valence-electron chi connectivity index (χ1n) is 6.63. The highest BCUT2D eigenvalue weighted by molar-refractivity contribution is 6.19. The van der Waals surface area contributed by atoms with Crippen molar-refractivity contribution in [3.63, 3.8) is 0 Å². The molecule has 0 aromatic heterocycles. The van der Waals surface area contributed by atoms with E-state index in [4.69, 9.17) is 16.3 Å². The first kappa shape index (κ1) is 15.4. The third-order valence-corrected chi connectivity index (χ3v) is 3.25. The molecule has 2 rings (SSSR count). The number of alkyl halides is 1. The number of ether oxygens (including phenoxy) is 1.